The molecule has 1 aromatic carbocycles. The summed E-state index contributed by atoms with van der Waals surface area (Å²) < 4.78 is 7.18. The topological polar surface area (TPSA) is 9.23 Å². The molecule has 1 saturated carbocycles. The second-order valence-electron chi connectivity index (χ2n) is 4.91. The first-order valence-corrected chi connectivity index (χ1v) is 6.87. The van der Waals surface area contributed by atoms with Gasteiger partial charge < -0.3 is 4.74 Å². The van der Waals surface area contributed by atoms with Crippen LogP contribution in [0.2, 0.25) is 0 Å². The lowest BCUT2D eigenvalue weighted by Gasteiger charge is -2.27. The van der Waals surface area contributed by atoms with Crippen molar-refractivity contribution in [2.45, 2.75) is 45.6 Å². The number of rotatable bonds is 2. The zero-order chi connectivity index (χ0) is 11.5. The largest absolute Gasteiger partial charge is 0.490 e. The van der Waals surface area contributed by atoms with E-state index >= 15 is 0 Å². The Labute approximate surface area is 106 Å². The van der Waals surface area contributed by atoms with E-state index in [9.17, 15) is 0 Å². The molecule has 0 aromatic heterocycles. The zero-order valence-electron chi connectivity index (χ0n) is 10.0. The monoisotopic (exact) mass is 282 g/mol. The van der Waals surface area contributed by atoms with Gasteiger partial charge in [-0.25, -0.2) is 0 Å². The summed E-state index contributed by atoms with van der Waals surface area (Å²) in [6.45, 7) is 4.44. The van der Waals surface area contributed by atoms with Crippen molar-refractivity contribution < 1.29 is 4.74 Å². The lowest BCUT2D eigenvalue weighted by Crippen LogP contribution is -2.23. The van der Waals surface area contributed by atoms with Gasteiger partial charge in [0.2, 0.25) is 0 Å². The molecule has 2 rings (SSSR count). The van der Waals surface area contributed by atoms with Crippen molar-refractivity contribution >= 4 is 15.9 Å². The van der Waals surface area contributed by atoms with Crippen LogP contribution in [0.1, 0.15) is 38.2 Å². The Morgan fingerprint density at radius 3 is 2.56 bits per heavy atom. The van der Waals surface area contributed by atoms with Crippen LogP contribution in [0, 0.1) is 12.8 Å². The highest BCUT2D eigenvalue weighted by atomic mass is 79.9. The van der Waals surface area contributed by atoms with E-state index in [1.165, 1.54) is 31.2 Å². The van der Waals surface area contributed by atoms with E-state index in [0.29, 0.717) is 6.10 Å². The Morgan fingerprint density at radius 1 is 1.19 bits per heavy atom. The molecule has 0 heterocycles. The van der Waals surface area contributed by atoms with Crippen molar-refractivity contribution in [2.75, 3.05) is 0 Å². The Kier molecular flexibility index (Phi) is 3.91. The summed E-state index contributed by atoms with van der Waals surface area (Å²) in [5.74, 6) is 1.91. The summed E-state index contributed by atoms with van der Waals surface area (Å²) in [6.07, 6.45) is 5.43. The van der Waals surface area contributed by atoms with E-state index in [1.807, 2.05) is 0 Å². The molecule has 1 aliphatic rings. The first kappa shape index (κ1) is 12.0. The van der Waals surface area contributed by atoms with Crippen molar-refractivity contribution in [1.29, 1.82) is 0 Å². The maximum Gasteiger partial charge on any atom is 0.123 e. The van der Waals surface area contributed by atoms with Crippen molar-refractivity contribution in [3.63, 3.8) is 0 Å². The van der Waals surface area contributed by atoms with Gasteiger partial charge in [-0.15, -0.1) is 0 Å². The minimum Gasteiger partial charge on any atom is -0.490 e. The van der Waals surface area contributed by atoms with Crippen LogP contribution < -0.4 is 4.74 Å². The fourth-order valence-corrected chi connectivity index (χ4v) is 2.57. The molecule has 0 aliphatic heterocycles. The van der Waals surface area contributed by atoms with E-state index in [2.05, 4.69) is 48.0 Å². The zero-order valence-corrected chi connectivity index (χ0v) is 11.6. The van der Waals surface area contributed by atoms with Gasteiger partial charge in [-0.05, 0) is 56.2 Å². The minimum atomic E-state index is 0.421. The molecule has 2 heteroatoms. The smallest absolute Gasteiger partial charge is 0.123 e. The molecule has 0 unspecified atom stereocenters. The van der Waals surface area contributed by atoms with Crippen LogP contribution in [0.4, 0.5) is 0 Å². The molecule has 0 spiro atoms. The van der Waals surface area contributed by atoms with Gasteiger partial charge >= 0.3 is 0 Å². The lowest BCUT2D eigenvalue weighted by molar-refractivity contribution is 0.134. The number of aryl methyl sites for hydroxylation is 1. The molecular weight excluding hydrogens is 264 g/mol. The molecule has 1 fully saturated rings. The maximum atomic E-state index is 6.09. The van der Waals surface area contributed by atoms with E-state index in [1.54, 1.807) is 0 Å². The predicted octanol–water partition coefficient (Wildman–Crippen LogP) is 4.72. The summed E-state index contributed by atoms with van der Waals surface area (Å²) in [4.78, 5) is 0. The van der Waals surface area contributed by atoms with Crippen LogP contribution in [-0.2, 0) is 0 Å². The van der Waals surface area contributed by atoms with E-state index < -0.39 is 0 Å². The number of halogens is 1. The number of ether oxygens (including phenoxy) is 1. The predicted molar refractivity (Wildman–Crippen MR) is 70.9 cm³/mol. The third-order valence-corrected chi connectivity index (χ3v) is 3.90. The molecule has 16 heavy (non-hydrogen) atoms. The molecule has 0 radical (unpaired) electrons. The fourth-order valence-electron chi connectivity index (χ4n) is 2.23. The van der Waals surface area contributed by atoms with Crippen LogP contribution in [0.15, 0.2) is 22.7 Å². The van der Waals surface area contributed by atoms with Gasteiger partial charge in [-0.2, -0.15) is 0 Å². The molecule has 0 N–H and O–H groups in total. The van der Waals surface area contributed by atoms with Gasteiger partial charge in [0.1, 0.15) is 5.75 Å². The third kappa shape index (κ3) is 3.00. The average Bonchev–Trinajstić information content (AvgIpc) is 2.27. The number of hydrogen-bond donors (Lipinski definition) is 0. The van der Waals surface area contributed by atoms with Crippen LogP contribution in [0.5, 0.6) is 5.75 Å². The SMILES string of the molecule is Cc1ccc(Br)cc1OC1CCC(C)CC1. The van der Waals surface area contributed by atoms with Gasteiger partial charge in [0, 0.05) is 4.47 Å². The summed E-state index contributed by atoms with van der Waals surface area (Å²) in [5, 5.41) is 0. The number of benzene rings is 1. The first-order chi connectivity index (χ1) is 7.65. The van der Waals surface area contributed by atoms with Gasteiger partial charge in [0.25, 0.3) is 0 Å². The summed E-state index contributed by atoms with van der Waals surface area (Å²) in [5.41, 5.74) is 1.22. The average molecular weight is 283 g/mol. The van der Waals surface area contributed by atoms with Gasteiger partial charge in [0.05, 0.1) is 6.10 Å². The van der Waals surface area contributed by atoms with E-state index in [0.717, 1.165) is 16.1 Å². The quantitative estimate of drug-likeness (QED) is 0.763. The van der Waals surface area contributed by atoms with Crippen LogP contribution >= 0.6 is 15.9 Å². The van der Waals surface area contributed by atoms with Crippen molar-refractivity contribution in [3.8, 4) is 5.75 Å². The summed E-state index contributed by atoms with van der Waals surface area (Å²) >= 11 is 3.49. The molecular formula is C14H19BrO. The molecule has 0 atom stereocenters. The van der Waals surface area contributed by atoms with Crippen LogP contribution in [0.25, 0.3) is 0 Å². The Balaban J connectivity index is 2.00. The highest BCUT2D eigenvalue weighted by Gasteiger charge is 2.19. The fraction of sp³-hybridized carbons (Fsp3) is 0.571. The van der Waals surface area contributed by atoms with Crippen molar-refractivity contribution in [3.05, 3.63) is 28.2 Å². The van der Waals surface area contributed by atoms with Crippen molar-refractivity contribution in [2.24, 2.45) is 5.92 Å². The second-order valence-corrected chi connectivity index (χ2v) is 5.83. The number of hydrogen-bond acceptors (Lipinski definition) is 1. The lowest BCUT2D eigenvalue weighted by atomic mass is 9.89. The molecule has 88 valence electrons. The normalized spacial score (nSPS) is 25.4. The molecule has 0 amide bonds. The molecule has 1 aromatic rings. The highest BCUT2D eigenvalue weighted by Crippen LogP contribution is 2.30. The molecule has 0 saturated heterocycles. The maximum absolute atomic E-state index is 6.09. The Bertz CT molecular complexity index is 354. The molecule has 1 aliphatic carbocycles. The van der Waals surface area contributed by atoms with Gasteiger partial charge in [0.15, 0.2) is 0 Å². The van der Waals surface area contributed by atoms with E-state index in [-0.39, 0.29) is 0 Å². The van der Waals surface area contributed by atoms with Crippen molar-refractivity contribution in [1.82, 2.24) is 0 Å². The Hall–Kier alpha value is -0.500. The van der Waals surface area contributed by atoms with E-state index in [4.69, 9.17) is 4.74 Å². The molecule has 1 nitrogen and oxygen atoms in total. The highest BCUT2D eigenvalue weighted by molar-refractivity contribution is 9.10. The Morgan fingerprint density at radius 2 is 1.88 bits per heavy atom. The van der Waals surface area contributed by atoms with Gasteiger partial charge in [-0.3, -0.25) is 0 Å². The minimum absolute atomic E-state index is 0.421. The molecule has 0 bridgehead atoms. The second kappa shape index (κ2) is 5.22. The van der Waals surface area contributed by atoms with Crippen LogP contribution in [-0.4, -0.2) is 6.10 Å². The standard InChI is InChI=1S/C14H19BrO/c1-10-3-7-13(8-4-10)16-14-9-12(15)6-5-11(14)2/h5-6,9-10,13H,3-4,7-8H2,1-2H3. The summed E-state index contributed by atoms with van der Waals surface area (Å²) in [7, 11) is 0. The summed E-state index contributed by atoms with van der Waals surface area (Å²) in [6, 6.07) is 6.24. The van der Waals surface area contributed by atoms with Gasteiger partial charge in [-0.1, -0.05) is 28.9 Å². The van der Waals surface area contributed by atoms with Crippen LogP contribution in [0.3, 0.4) is 0 Å². The third-order valence-electron chi connectivity index (χ3n) is 3.41. The first-order valence-electron chi connectivity index (χ1n) is 6.08.